The van der Waals surface area contributed by atoms with Crippen molar-refractivity contribution in [1.82, 2.24) is 4.90 Å². The zero-order valence-electron chi connectivity index (χ0n) is 12.0. The molecule has 22 heavy (non-hydrogen) atoms. The highest BCUT2D eigenvalue weighted by Crippen LogP contribution is 2.17. The van der Waals surface area contributed by atoms with Crippen LogP contribution in [0.5, 0.6) is 0 Å². The van der Waals surface area contributed by atoms with Crippen LogP contribution in [-0.4, -0.2) is 36.3 Å². The normalized spacial score (nSPS) is 17.6. The van der Waals surface area contributed by atoms with Crippen LogP contribution in [-0.2, 0) is 9.59 Å². The first-order valence-corrected chi connectivity index (χ1v) is 7.02. The molecule has 0 aliphatic carbocycles. The van der Waals surface area contributed by atoms with Gasteiger partial charge in [0.15, 0.2) is 0 Å². The molecule has 1 atom stereocenters. The molecule has 1 aliphatic heterocycles. The molecule has 1 saturated heterocycles. The first-order chi connectivity index (χ1) is 10.5. The van der Waals surface area contributed by atoms with Crippen LogP contribution in [0.4, 0.5) is 10.1 Å². The molecule has 1 aliphatic rings. The highest BCUT2D eigenvalue weighted by molar-refractivity contribution is 5.83. The number of nitrogens with one attached hydrogen (secondary N) is 1. The minimum Gasteiger partial charge on any atom is -0.376 e. The lowest BCUT2D eigenvalue weighted by molar-refractivity contribution is -0.133. The number of nitrogens with two attached hydrogens (primary N) is 1. The molecule has 1 heterocycles. The molecule has 0 bridgehead atoms. The van der Waals surface area contributed by atoms with Crippen LogP contribution >= 0.6 is 0 Å². The van der Waals surface area contributed by atoms with Gasteiger partial charge in [-0.3, -0.25) is 9.59 Å². The maximum Gasteiger partial charge on any atom is 0.241 e. The molecule has 0 aromatic heterocycles. The molecule has 1 unspecified atom stereocenters. The van der Waals surface area contributed by atoms with Crippen LogP contribution < -0.4 is 11.1 Å². The second-order valence-electron chi connectivity index (χ2n) is 5.24. The smallest absolute Gasteiger partial charge is 0.241 e. The van der Waals surface area contributed by atoms with Crippen molar-refractivity contribution < 1.29 is 14.0 Å². The predicted octanol–water partition coefficient (Wildman–Crippen LogP) is 0.833. The summed E-state index contributed by atoms with van der Waals surface area (Å²) < 4.78 is 13.2. The van der Waals surface area contributed by atoms with E-state index in [0.29, 0.717) is 25.2 Å². The molecule has 2 amide bonds. The quantitative estimate of drug-likeness (QED) is 0.860. The maximum atomic E-state index is 13.2. The number of rotatable bonds is 4. The lowest BCUT2D eigenvalue weighted by atomic mass is 9.97. The van der Waals surface area contributed by atoms with Gasteiger partial charge in [-0.15, -0.1) is 0 Å². The van der Waals surface area contributed by atoms with Gasteiger partial charge in [-0.05, 0) is 31.0 Å². The number of amides is 2. The van der Waals surface area contributed by atoms with E-state index in [1.807, 2.05) is 0 Å². The van der Waals surface area contributed by atoms with Gasteiger partial charge in [0, 0.05) is 18.8 Å². The van der Waals surface area contributed by atoms with E-state index >= 15 is 0 Å². The van der Waals surface area contributed by atoms with Crippen molar-refractivity contribution in [2.75, 3.05) is 25.0 Å². The van der Waals surface area contributed by atoms with Crippen molar-refractivity contribution in [2.45, 2.75) is 12.8 Å². The summed E-state index contributed by atoms with van der Waals surface area (Å²) in [5, 5.41) is 11.6. The number of halogens is 1. The number of benzene rings is 1. The third kappa shape index (κ3) is 3.73. The van der Waals surface area contributed by atoms with E-state index in [4.69, 9.17) is 11.0 Å². The van der Waals surface area contributed by atoms with Crippen molar-refractivity contribution >= 4 is 17.5 Å². The van der Waals surface area contributed by atoms with Gasteiger partial charge >= 0.3 is 0 Å². The fourth-order valence-electron chi connectivity index (χ4n) is 2.45. The molecule has 1 fully saturated rings. The van der Waals surface area contributed by atoms with E-state index < -0.39 is 5.82 Å². The Hall–Kier alpha value is -2.62. The summed E-state index contributed by atoms with van der Waals surface area (Å²) >= 11 is 0. The van der Waals surface area contributed by atoms with Crippen molar-refractivity contribution in [2.24, 2.45) is 11.7 Å². The first-order valence-electron chi connectivity index (χ1n) is 7.02. The lowest BCUT2D eigenvalue weighted by Gasteiger charge is -2.31. The van der Waals surface area contributed by atoms with Crippen molar-refractivity contribution in [3.8, 4) is 6.07 Å². The maximum absolute atomic E-state index is 13.2. The van der Waals surface area contributed by atoms with Crippen LogP contribution in [0, 0.1) is 23.1 Å². The minimum atomic E-state index is -0.597. The molecule has 3 N–H and O–H groups in total. The van der Waals surface area contributed by atoms with E-state index in [2.05, 4.69) is 5.32 Å². The lowest BCUT2D eigenvalue weighted by Crippen LogP contribution is -2.45. The Morgan fingerprint density at radius 1 is 1.50 bits per heavy atom. The Labute approximate surface area is 127 Å². The van der Waals surface area contributed by atoms with Crippen LogP contribution in [0.1, 0.15) is 18.4 Å². The number of carbonyl (C=O) groups excluding carboxylic acids is 2. The average molecular weight is 304 g/mol. The zero-order chi connectivity index (χ0) is 16.1. The van der Waals surface area contributed by atoms with Gasteiger partial charge in [0.25, 0.3) is 0 Å². The fraction of sp³-hybridized carbons (Fsp3) is 0.400. The Kier molecular flexibility index (Phi) is 4.94. The molecule has 0 saturated carbocycles. The van der Waals surface area contributed by atoms with E-state index in [1.54, 1.807) is 11.0 Å². The van der Waals surface area contributed by atoms with E-state index in [-0.39, 0.29) is 29.8 Å². The summed E-state index contributed by atoms with van der Waals surface area (Å²) in [4.78, 5) is 24.9. The zero-order valence-corrected chi connectivity index (χ0v) is 12.0. The van der Waals surface area contributed by atoms with Crippen LogP contribution in [0.25, 0.3) is 0 Å². The number of primary amides is 1. The van der Waals surface area contributed by atoms with Gasteiger partial charge in [-0.25, -0.2) is 4.39 Å². The molecule has 1 aromatic carbocycles. The standard InChI is InChI=1S/C15H17FN4O2/c16-13-4-3-12(6-11(13)7-17)19-8-14(21)20-5-1-2-10(9-20)15(18)22/h3-4,6,10,19H,1-2,5,8-9H2,(H2,18,22). The summed E-state index contributed by atoms with van der Waals surface area (Å²) in [5.41, 5.74) is 5.70. The molecule has 0 spiro atoms. The predicted molar refractivity (Wildman–Crippen MR) is 78.1 cm³/mol. The van der Waals surface area contributed by atoms with Gasteiger partial charge in [0.05, 0.1) is 18.0 Å². The first kappa shape index (κ1) is 15.8. The van der Waals surface area contributed by atoms with Crippen LogP contribution in [0.3, 0.4) is 0 Å². The summed E-state index contributed by atoms with van der Waals surface area (Å²) in [6.07, 6.45) is 1.45. The SMILES string of the molecule is N#Cc1cc(NCC(=O)N2CCCC(C(N)=O)C2)ccc1F. The number of piperidine rings is 1. The Balaban J connectivity index is 1.92. The molecule has 1 aromatic rings. The number of anilines is 1. The van der Waals surface area contributed by atoms with E-state index in [0.717, 1.165) is 6.42 Å². The minimum absolute atomic E-state index is 0.0159. The monoisotopic (exact) mass is 304 g/mol. The van der Waals surface area contributed by atoms with Gasteiger partial charge in [-0.2, -0.15) is 5.26 Å². The second-order valence-corrected chi connectivity index (χ2v) is 5.24. The highest BCUT2D eigenvalue weighted by Gasteiger charge is 2.26. The largest absolute Gasteiger partial charge is 0.376 e. The third-order valence-electron chi connectivity index (χ3n) is 3.71. The third-order valence-corrected chi connectivity index (χ3v) is 3.71. The summed E-state index contributed by atoms with van der Waals surface area (Å²) in [5.74, 6) is -1.44. The fourth-order valence-corrected chi connectivity index (χ4v) is 2.45. The molecule has 6 nitrogen and oxygen atoms in total. The molecule has 0 radical (unpaired) electrons. The van der Waals surface area contributed by atoms with Gasteiger partial charge in [0.1, 0.15) is 11.9 Å². The summed E-state index contributed by atoms with van der Waals surface area (Å²) in [6.45, 7) is 0.946. The number of carbonyl (C=O) groups is 2. The number of likely N-dealkylation sites (tertiary alicyclic amines) is 1. The number of nitriles is 1. The average Bonchev–Trinajstić information content (AvgIpc) is 2.53. The number of hydrogen-bond donors (Lipinski definition) is 2. The second kappa shape index (κ2) is 6.89. The molecule has 7 heteroatoms. The summed E-state index contributed by atoms with van der Waals surface area (Å²) in [7, 11) is 0. The van der Waals surface area contributed by atoms with Gasteiger partial charge in [0.2, 0.25) is 11.8 Å². The van der Waals surface area contributed by atoms with Crippen molar-refractivity contribution in [3.05, 3.63) is 29.6 Å². The Morgan fingerprint density at radius 3 is 2.95 bits per heavy atom. The molecule has 2 rings (SSSR count). The van der Waals surface area contributed by atoms with Gasteiger partial charge in [-0.1, -0.05) is 0 Å². The van der Waals surface area contributed by atoms with Crippen molar-refractivity contribution in [1.29, 1.82) is 5.26 Å². The van der Waals surface area contributed by atoms with Crippen LogP contribution in [0.15, 0.2) is 18.2 Å². The van der Waals surface area contributed by atoms with E-state index in [9.17, 15) is 14.0 Å². The molecular weight excluding hydrogens is 287 g/mol. The van der Waals surface area contributed by atoms with Crippen molar-refractivity contribution in [3.63, 3.8) is 0 Å². The van der Waals surface area contributed by atoms with Gasteiger partial charge < -0.3 is 16.0 Å². The van der Waals surface area contributed by atoms with E-state index in [1.165, 1.54) is 18.2 Å². The molecule has 116 valence electrons. The number of nitrogens with zero attached hydrogens (tertiary/aromatic N) is 2. The number of hydrogen-bond acceptors (Lipinski definition) is 4. The van der Waals surface area contributed by atoms with Crippen LogP contribution in [0.2, 0.25) is 0 Å². The Bertz CT molecular complexity index is 626. The summed E-state index contributed by atoms with van der Waals surface area (Å²) in [6, 6.07) is 5.74. The molecular formula is C15H17FN4O2. The Morgan fingerprint density at radius 2 is 2.27 bits per heavy atom. The highest BCUT2D eigenvalue weighted by atomic mass is 19.1. The topological polar surface area (TPSA) is 99.2 Å².